The topological polar surface area (TPSA) is 92.5 Å². The zero-order valence-corrected chi connectivity index (χ0v) is 37.5. The van der Waals surface area contributed by atoms with E-state index in [2.05, 4.69) is 13.5 Å². The second kappa shape index (κ2) is 19.2. The predicted molar refractivity (Wildman–Crippen MR) is 220 cm³/mol. The molecule has 0 amide bonds. The van der Waals surface area contributed by atoms with Gasteiger partial charge in [0, 0.05) is 0 Å². The minimum Gasteiger partial charge on any atom is -0.413 e. The summed E-state index contributed by atoms with van der Waals surface area (Å²) in [6, 6.07) is 13.2. The van der Waals surface area contributed by atoms with E-state index in [-0.39, 0.29) is 36.4 Å². The third kappa shape index (κ3) is 12.1. The molecular weight excluding hydrogens is 1080 g/mol. The van der Waals surface area contributed by atoms with Crippen LogP contribution in [0.5, 0.6) is 34.5 Å². The van der Waals surface area contributed by atoms with E-state index >= 15 is 0 Å². The Morgan fingerprint density at radius 3 is 0.472 bits per heavy atom. The molecule has 9 nitrogen and oxygen atoms in total. The molecule has 6 aromatic rings. The molecule has 7 rings (SSSR count). The molecule has 0 aliphatic carbocycles. The first-order chi connectivity index (χ1) is 33.3. The Kier molecular flexibility index (Phi) is 14.2. The molecule has 1 heterocycles. The molecule has 0 aromatic heterocycles. The van der Waals surface area contributed by atoms with Crippen LogP contribution in [0.3, 0.4) is 0 Å². The molecule has 384 valence electrons. The summed E-state index contributed by atoms with van der Waals surface area (Å²) in [5.41, 5.74) is -11.4. The minimum absolute atomic E-state index is 0.271. The van der Waals surface area contributed by atoms with Crippen LogP contribution in [0.25, 0.3) is 0 Å². The fourth-order valence-corrected chi connectivity index (χ4v) is 15.4. The van der Waals surface area contributed by atoms with Gasteiger partial charge in [-0.2, -0.15) is 79.0 Å². The van der Waals surface area contributed by atoms with E-state index in [1.165, 1.54) is 0 Å². The van der Waals surface area contributed by atoms with Crippen LogP contribution in [-0.2, 0) is 37.1 Å². The van der Waals surface area contributed by atoms with Crippen molar-refractivity contribution in [3.05, 3.63) is 179 Å². The molecule has 0 saturated heterocycles. The lowest BCUT2D eigenvalue weighted by molar-refractivity contribution is -0.139. The Morgan fingerprint density at radius 1 is 0.222 bits per heavy atom. The van der Waals surface area contributed by atoms with Crippen molar-refractivity contribution in [1.29, 1.82) is 0 Å². The second-order valence-corrected chi connectivity index (χ2v) is 20.4. The largest absolute Gasteiger partial charge is 0.460 e. The molecule has 0 radical (unpaired) electrons. The van der Waals surface area contributed by atoms with Crippen molar-refractivity contribution in [2.75, 3.05) is 0 Å². The van der Waals surface area contributed by atoms with Crippen LogP contribution < -0.4 is 27.1 Å². The van der Waals surface area contributed by atoms with Crippen LogP contribution in [0, 0.1) is 0 Å². The molecule has 1 aliphatic rings. The van der Waals surface area contributed by atoms with Gasteiger partial charge in [0.15, 0.2) is 0 Å². The van der Waals surface area contributed by atoms with Crippen molar-refractivity contribution in [2.24, 2.45) is 13.5 Å². The second-order valence-electron chi connectivity index (χ2n) is 14.3. The maximum absolute atomic E-state index is 14.8. The van der Waals surface area contributed by atoms with Gasteiger partial charge >= 0.3 is 60.0 Å². The molecule has 0 spiro atoms. The summed E-state index contributed by atoms with van der Waals surface area (Å²) in [7, 11) is -19.2. The highest BCUT2D eigenvalue weighted by molar-refractivity contribution is 7.79. The zero-order chi connectivity index (χ0) is 52.8. The summed E-state index contributed by atoms with van der Waals surface area (Å²) >= 11 is 0. The minimum atomic E-state index is -6.41. The Morgan fingerprint density at radius 2 is 0.347 bits per heavy atom. The zero-order valence-electron chi connectivity index (χ0n) is 34.8. The van der Waals surface area contributed by atoms with Crippen molar-refractivity contribution in [3.8, 4) is 34.5 Å². The van der Waals surface area contributed by atoms with E-state index in [9.17, 15) is 79.0 Å². The highest BCUT2D eigenvalue weighted by atomic mass is 31.3. The standard InChI is InChI=1S/C42H24F18N3O6P3/c43-37(44,45)25-13-1-7-19-31(25)64-70(65-32-20-8-2-14-26(32)38(46,47)48)61-71(66-33-21-9-3-15-27(33)39(49,50)51,67-34-22-10-4-16-28(34)40(52,53)54)63-72(62-70,68-35-23-11-5-17-29(35)41(55,56)57)69-36-24-12-6-18-30(36)42(58,59)60/h1-24H. The first-order valence-electron chi connectivity index (χ1n) is 19.4. The van der Waals surface area contributed by atoms with Crippen molar-refractivity contribution in [1.82, 2.24) is 0 Å². The Hall–Kier alpha value is -6.45. The number of benzene rings is 6. The van der Waals surface area contributed by atoms with Gasteiger partial charge in [0.2, 0.25) is 0 Å². The van der Waals surface area contributed by atoms with Crippen LogP contribution in [-0.4, -0.2) is 0 Å². The monoisotopic (exact) mass is 1100 g/mol. The summed E-state index contributed by atoms with van der Waals surface area (Å²) in [6.07, 6.45) is -33.3. The van der Waals surface area contributed by atoms with Gasteiger partial charge in [0.1, 0.15) is 34.5 Å². The number of rotatable bonds is 12. The van der Waals surface area contributed by atoms with E-state index in [1.807, 2.05) is 0 Å². The summed E-state index contributed by atoms with van der Waals surface area (Å²) in [6.45, 7) is 0. The van der Waals surface area contributed by atoms with Crippen LogP contribution in [0.1, 0.15) is 33.4 Å². The molecule has 6 aromatic carbocycles. The van der Waals surface area contributed by atoms with E-state index in [0.717, 1.165) is 72.8 Å². The summed E-state index contributed by atoms with van der Waals surface area (Å²) < 4.78 is 312. The third-order valence-corrected chi connectivity index (χ3v) is 17.2. The van der Waals surface area contributed by atoms with Crippen molar-refractivity contribution >= 4 is 23.0 Å². The Labute approximate surface area is 392 Å². The predicted octanol–water partition coefficient (Wildman–Crippen LogP) is 18.4. The van der Waals surface area contributed by atoms with Gasteiger partial charge in [-0.05, 0) is 72.8 Å². The maximum atomic E-state index is 14.8. The van der Waals surface area contributed by atoms with Crippen LogP contribution in [0.2, 0.25) is 0 Å². The van der Waals surface area contributed by atoms with E-state index in [0.29, 0.717) is 36.4 Å². The highest BCUT2D eigenvalue weighted by Gasteiger charge is 2.53. The van der Waals surface area contributed by atoms with Gasteiger partial charge < -0.3 is 27.1 Å². The SMILES string of the molecule is FC(F)(F)c1ccccc1OP1(Oc2ccccc2C(F)(F)F)=NP(Oc2ccccc2C(F)(F)F)(Oc2ccccc2C(F)(F)F)=NP(Oc2ccccc2C(F)(F)F)(Oc2ccccc2C(F)(F)F)=N1. The highest BCUT2D eigenvalue weighted by Crippen LogP contribution is 2.80. The molecule has 30 heteroatoms. The average Bonchev–Trinajstić information content (AvgIpc) is 3.25. The quantitative estimate of drug-likeness (QED) is 0.0895. The van der Waals surface area contributed by atoms with Gasteiger partial charge in [0.25, 0.3) is 0 Å². The smallest absolute Gasteiger partial charge is 0.413 e. The van der Waals surface area contributed by atoms with Crippen LogP contribution >= 0.6 is 23.0 Å². The summed E-state index contributed by atoms with van der Waals surface area (Å²) in [5.74, 6) is -9.55. The van der Waals surface area contributed by atoms with Gasteiger partial charge in [-0.15, -0.1) is 0 Å². The number of nitrogens with zero attached hydrogens (tertiary/aromatic N) is 3. The molecule has 1 aliphatic heterocycles. The molecule has 72 heavy (non-hydrogen) atoms. The molecule has 0 N–H and O–H groups in total. The molecule has 0 bridgehead atoms. The average molecular weight is 1100 g/mol. The van der Waals surface area contributed by atoms with E-state index in [4.69, 9.17) is 27.1 Å². The van der Waals surface area contributed by atoms with Gasteiger partial charge in [-0.3, -0.25) is 0 Å². The first kappa shape index (κ1) is 53.4. The number of alkyl halides is 18. The summed E-state index contributed by atoms with van der Waals surface area (Å²) in [4.78, 5) is 0. The van der Waals surface area contributed by atoms with Crippen molar-refractivity contribution < 1.29 is 106 Å². The van der Waals surface area contributed by atoms with Crippen molar-refractivity contribution in [2.45, 2.75) is 37.1 Å². The lowest BCUT2D eigenvalue weighted by atomic mass is 10.2. The van der Waals surface area contributed by atoms with Crippen LogP contribution in [0.15, 0.2) is 159 Å². The fraction of sp³-hybridized carbons (Fsp3) is 0.143. The number of para-hydroxylation sites is 6. The summed E-state index contributed by atoms with van der Waals surface area (Å²) in [5, 5.41) is 0. The molecular formula is C42H24F18N3O6P3. The first-order valence-corrected chi connectivity index (χ1v) is 24.0. The van der Waals surface area contributed by atoms with Gasteiger partial charge in [0.05, 0.1) is 33.4 Å². The number of hydrogen-bond donors (Lipinski definition) is 0. The molecule has 0 atom stereocenters. The fourth-order valence-electron chi connectivity index (χ4n) is 6.21. The maximum Gasteiger partial charge on any atom is 0.460 e. The van der Waals surface area contributed by atoms with Crippen molar-refractivity contribution in [3.63, 3.8) is 0 Å². The molecule has 0 fully saturated rings. The van der Waals surface area contributed by atoms with E-state index < -0.39 is 128 Å². The van der Waals surface area contributed by atoms with E-state index in [1.54, 1.807) is 0 Å². The normalized spacial score (nSPS) is 15.8. The number of halogens is 18. The molecule has 0 unspecified atom stereocenters. The van der Waals surface area contributed by atoms with Crippen LogP contribution in [0.4, 0.5) is 79.0 Å². The Bertz CT molecular complexity index is 2610. The van der Waals surface area contributed by atoms with Gasteiger partial charge in [-0.1, -0.05) is 86.3 Å². The Balaban J connectivity index is 1.77. The lowest BCUT2D eigenvalue weighted by Gasteiger charge is -2.34. The van der Waals surface area contributed by atoms with Gasteiger partial charge in [-0.25, -0.2) is 0 Å². The molecule has 0 saturated carbocycles. The number of hydrogen-bond acceptors (Lipinski definition) is 9. The lowest BCUT2D eigenvalue weighted by Crippen LogP contribution is -2.17. The third-order valence-electron chi connectivity index (χ3n) is 9.14.